The number of aldehydes is 2. The normalized spacial score (nSPS) is 10.4. The molecule has 9 N–H and O–H groups in total. The lowest BCUT2D eigenvalue weighted by atomic mass is 10.0. The summed E-state index contributed by atoms with van der Waals surface area (Å²) in [6.07, 6.45) is 0.424. The van der Waals surface area contributed by atoms with Gasteiger partial charge in [-0.25, -0.2) is 5.43 Å². The lowest BCUT2D eigenvalue weighted by molar-refractivity contribution is 0.0922. The number of benzene rings is 3. The number of anilines is 1. The molecule has 0 aromatic heterocycles. The summed E-state index contributed by atoms with van der Waals surface area (Å²) in [5.41, 5.74) is 2.45. The van der Waals surface area contributed by atoms with Crippen LogP contribution < -0.4 is 16.2 Å². The van der Waals surface area contributed by atoms with E-state index in [1.807, 2.05) is 0 Å². The summed E-state index contributed by atoms with van der Waals surface area (Å²) in [4.78, 5) is 48.3. The second kappa shape index (κ2) is 10.3. The molecule has 3 rings (SSSR count). The van der Waals surface area contributed by atoms with Gasteiger partial charge in [0.15, 0.2) is 47.1 Å². The first-order valence-corrected chi connectivity index (χ1v) is 9.99. The van der Waals surface area contributed by atoms with Gasteiger partial charge in [0, 0.05) is 12.6 Å². The van der Waals surface area contributed by atoms with E-state index in [4.69, 9.17) is 0 Å². The topological polar surface area (TPSA) is 226 Å². The van der Waals surface area contributed by atoms with Crippen LogP contribution in [-0.4, -0.2) is 55.0 Å². The van der Waals surface area contributed by atoms with E-state index in [0.29, 0.717) is 6.29 Å². The van der Waals surface area contributed by atoms with Crippen molar-refractivity contribution in [2.24, 2.45) is 0 Å². The van der Waals surface area contributed by atoms with E-state index >= 15 is 0 Å². The fourth-order valence-electron chi connectivity index (χ4n) is 3.24. The van der Waals surface area contributed by atoms with Gasteiger partial charge in [-0.05, 0) is 23.8 Å². The number of phenols is 6. The fourth-order valence-corrected chi connectivity index (χ4v) is 3.24. The third-order valence-corrected chi connectivity index (χ3v) is 5.06. The summed E-state index contributed by atoms with van der Waals surface area (Å²) < 4.78 is 0. The van der Waals surface area contributed by atoms with E-state index < -0.39 is 63.1 Å². The zero-order valence-corrected chi connectivity index (χ0v) is 18.1. The number of aromatic hydroxyl groups is 6. The second-order valence-corrected chi connectivity index (χ2v) is 7.26. The number of hydrazine groups is 1. The van der Waals surface area contributed by atoms with Crippen molar-refractivity contribution >= 4 is 30.1 Å². The highest BCUT2D eigenvalue weighted by Crippen LogP contribution is 2.37. The molecule has 0 unspecified atom stereocenters. The average molecular weight is 497 g/mol. The van der Waals surface area contributed by atoms with Gasteiger partial charge in [0.1, 0.15) is 0 Å². The zero-order valence-electron chi connectivity index (χ0n) is 18.1. The van der Waals surface area contributed by atoms with Gasteiger partial charge in [0.25, 0.3) is 11.8 Å². The minimum absolute atomic E-state index is 0.133. The number of hydrogen-bond acceptors (Lipinski definition) is 11. The van der Waals surface area contributed by atoms with Crippen LogP contribution in [0.5, 0.6) is 34.5 Å². The summed E-state index contributed by atoms with van der Waals surface area (Å²) in [5.74, 6) is -6.51. The van der Waals surface area contributed by atoms with Crippen molar-refractivity contribution in [3.63, 3.8) is 0 Å². The first-order chi connectivity index (χ1) is 17.1. The SMILES string of the molecule is O=Cc1c(CNNC(=O)c2c(O)c(O)cc(NC(=O)c3cccc(O)c3O)c2C=O)ccc(O)c1O. The van der Waals surface area contributed by atoms with Crippen LogP contribution in [-0.2, 0) is 6.54 Å². The van der Waals surface area contributed by atoms with Crippen LogP contribution in [0.1, 0.15) is 47.0 Å². The number of amides is 2. The number of rotatable bonds is 8. The molecule has 0 saturated heterocycles. The van der Waals surface area contributed by atoms with Gasteiger partial charge in [0.2, 0.25) is 0 Å². The smallest absolute Gasteiger partial charge is 0.270 e. The Kier molecular flexibility index (Phi) is 7.26. The van der Waals surface area contributed by atoms with Crippen molar-refractivity contribution < 1.29 is 49.8 Å². The van der Waals surface area contributed by atoms with Crippen LogP contribution >= 0.6 is 0 Å². The van der Waals surface area contributed by atoms with Gasteiger partial charge in [-0.15, -0.1) is 0 Å². The third kappa shape index (κ3) is 4.80. The number of carbonyl (C=O) groups excluding carboxylic acids is 4. The van der Waals surface area contributed by atoms with E-state index in [1.54, 1.807) is 0 Å². The van der Waals surface area contributed by atoms with Crippen LogP contribution in [0.15, 0.2) is 36.4 Å². The van der Waals surface area contributed by atoms with E-state index in [1.165, 1.54) is 12.1 Å². The van der Waals surface area contributed by atoms with Gasteiger partial charge in [-0.1, -0.05) is 12.1 Å². The van der Waals surface area contributed by atoms with Gasteiger partial charge in [0.05, 0.1) is 27.9 Å². The molecular weight excluding hydrogens is 478 g/mol. The Hall–Kier alpha value is -5.30. The Morgan fingerprint density at radius 3 is 2.08 bits per heavy atom. The first kappa shape index (κ1) is 25.3. The predicted octanol–water partition coefficient (Wildman–Crippen LogP) is 1.23. The van der Waals surface area contributed by atoms with Crippen LogP contribution in [0.3, 0.4) is 0 Å². The van der Waals surface area contributed by atoms with Crippen LogP contribution in [0.25, 0.3) is 0 Å². The molecule has 0 bridgehead atoms. The molecule has 13 heteroatoms. The van der Waals surface area contributed by atoms with Gasteiger partial charge >= 0.3 is 0 Å². The summed E-state index contributed by atoms with van der Waals surface area (Å²) >= 11 is 0. The van der Waals surface area contributed by atoms with Crippen molar-refractivity contribution in [1.29, 1.82) is 0 Å². The molecule has 0 aliphatic carbocycles. The van der Waals surface area contributed by atoms with Gasteiger partial charge in [-0.2, -0.15) is 0 Å². The Bertz CT molecular complexity index is 1390. The number of hydrogen-bond donors (Lipinski definition) is 9. The molecular formula is C23H19N3O10. The van der Waals surface area contributed by atoms with E-state index in [0.717, 1.165) is 24.3 Å². The molecule has 0 spiro atoms. The summed E-state index contributed by atoms with van der Waals surface area (Å²) in [6, 6.07) is 6.78. The Labute approximate surface area is 201 Å². The van der Waals surface area contributed by atoms with Crippen molar-refractivity contribution in [2.75, 3.05) is 5.32 Å². The second-order valence-electron chi connectivity index (χ2n) is 7.26. The van der Waals surface area contributed by atoms with Crippen LogP contribution in [0, 0.1) is 0 Å². The molecule has 0 atom stereocenters. The molecule has 0 radical (unpaired) electrons. The maximum Gasteiger partial charge on any atom is 0.270 e. The minimum atomic E-state index is -1.13. The third-order valence-electron chi connectivity index (χ3n) is 5.06. The standard InChI is InChI=1S/C23H19N3O10/c27-8-12-10(4-5-16(30)20(12)33)7-24-26-23(36)18-13(9-28)14(6-17(31)21(18)34)25-22(35)11-2-1-3-15(29)19(11)32/h1-6,8-9,24,29-34H,7H2,(H,25,35)(H,26,36). The highest BCUT2D eigenvalue weighted by atomic mass is 16.3. The highest BCUT2D eigenvalue weighted by Gasteiger charge is 2.25. The lowest BCUT2D eigenvalue weighted by Crippen LogP contribution is -2.37. The maximum atomic E-state index is 12.7. The molecule has 186 valence electrons. The average Bonchev–Trinajstić information content (AvgIpc) is 2.84. The van der Waals surface area contributed by atoms with Gasteiger partial charge in [-0.3, -0.25) is 24.6 Å². The number of para-hydroxylation sites is 1. The minimum Gasteiger partial charge on any atom is -0.504 e. The van der Waals surface area contributed by atoms with E-state index in [9.17, 15) is 49.8 Å². The molecule has 0 heterocycles. The summed E-state index contributed by atoms with van der Waals surface area (Å²) in [6.45, 7) is -0.246. The van der Waals surface area contributed by atoms with Crippen molar-refractivity contribution in [2.45, 2.75) is 6.54 Å². The quantitative estimate of drug-likeness (QED) is 0.0930. The first-order valence-electron chi connectivity index (χ1n) is 9.99. The summed E-state index contributed by atoms with van der Waals surface area (Å²) in [5, 5.41) is 61.2. The number of nitrogens with one attached hydrogen (secondary N) is 3. The zero-order chi connectivity index (χ0) is 26.6. The van der Waals surface area contributed by atoms with Crippen molar-refractivity contribution in [3.05, 3.63) is 64.2 Å². The Balaban J connectivity index is 1.87. The molecule has 3 aromatic rings. The lowest BCUT2D eigenvalue weighted by Gasteiger charge is -2.16. The molecule has 2 amide bonds. The van der Waals surface area contributed by atoms with Crippen LogP contribution in [0.2, 0.25) is 0 Å². The van der Waals surface area contributed by atoms with E-state index in [-0.39, 0.29) is 29.5 Å². The number of phenolic OH excluding ortho intramolecular Hbond substituents is 6. The monoisotopic (exact) mass is 497 g/mol. The maximum absolute atomic E-state index is 12.7. The summed E-state index contributed by atoms with van der Waals surface area (Å²) in [7, 11) is 0. The largest absolute Gasteiger partial charge is 0.504 e. The van der Waals surface area contributed by atoms with Gasteiger partial charge < -0.3 is 36.0 Å². The molecule has 0 saturated carbocycles. The highest BCUT2D eigenvalue weighted by molar-refractivity contribution is 6.12. The molecule has 0 aliphatic heterocycles. The molecule has 0 fully saturated rings. The molecule has 36 heavy (non-hydrogen) atoms. The van der Waals surface area contributed by atoms with Crippen molar-refractivity contribution in [3.8, 4) is 34.5 Å². The Morgan fingerprint density at radius 2 is 1.42 bits per heavy atom. The van der Waals surface area contributed by atoms with Crippen molar-refractivity contribution in [1.82, 2.24) is 10.9 Å². The molecule has 3 aromatic carbocycles. The Morgan fingerprint density at radius 1 is 0.750 bits per heavy atom. The van der Waals surface area contributed by atoms with E-state index in [2.05, 4.69) is 16.2 Å². The molecule has 13 nitrogen and oxygen atoms in total. The predicted molar refractivity (Wildman–Crippen MR) is 122 cm³/mol. The fraction of sp³-hybridized carbons (Fsp3) is 0.0435. The number of carbonyl (C=O) groups is 4. The van der Waals surface area contributed by atoms with Crippen LogP contribution in [0.4, 0.5) is 5.69 Å². The molecule has 0 aliphatic rings.